The van der Waals surface area contributed by atoms with Crippen molar-refractivity contribution in [3.8, 4) is 0 Å². The lowest BCUT2D eigenvalue weighted by Crippen LogP contribution is -2.00. The number of aromatic nitrogens is 2. The van der Waals surface area contributed by atoms with Crippen molar-refractivity contribution in [2.75, 3.05) is 22.5 Å². The molecule has 0 spiro atoms. The van der Waals surface area contributed by atoms with Crippen molar-refractivity contribution in [3.05, 3.63) is 54.6 Å². The van der Waals surface area contributed by atoms with Crippen molar-refractivity contribution < 1.29 is 0 Å². The van der Waals surface area contributed by atoms with Crippen LogP contribution in [0.5, 0.6) is 0 Å². The molecule has 7 N–H and O–H groups in total. The molecule has 0 aliphatic rings. The zero-order valence-electron chi connectivity index (χ0n) is 12.8. The van der Waals surface area contributed by atoms with E-state index >= 15 is 0 Å². The van der Waals surface area contributed by atoms with E-state index in [1.54, 1.807) is 12.1 Å². The molecule has 3 aromatic carbocycles. The Balaban J connectivity index is 1.81. The Bertz CT molecular complexity index is 1070. The highest BCUT2D eigenvalue weighted by Gasteiger charge is 2.07. The van der Waals surface area contributed by atoms with Crippen molar-refractivity contribution in [3.63, 3.8) is 0 Å². The van der Waals surface area contributed by atoms with E-state index in [2.05, 4.69) is 15.3 Å². The molecule has 1 aromatic heterocycles. The van der Waals surface area contributed by atoms with Crippen molar-refractivity contribution in [1.82, 2.24) is 9.97 Å². The average Bonchev–Trinajstić information content (AvgIpc) is 2.57. The van der Waals surface area contributed by atoms with E-state index < -0.39 is 0 Å². The zero-order chi connectivity index (χ0) is 16.7. The van der Waals surface area contributed by atoms with E-state index in [4.69, 9.17) is 17.2 Å². The minimum Gasteiger partial charge on any atom is -0.397 e. The molecule has 0 aliphatic heterocycles. The van der Waals surface area contributed by atoms with E-state index in [1.807, 2.05) is 42.5 Å². The predicted octanol–water partition coefficient (Wildman–Crippen LogP) is 3.27. The molecule has 0 amide bonds. The van der Waals surface area contributed by atoms with Crippen LogP contribution in [0.1, 0.15) is 0 Å². The first-order valence-corrected chi connectivity index (χ1v) is 7.48. The zero-order valence-corrected chi connectivity index (χ0v) is 12.8. The van der Waals surface area contributed by atoms with Gasteiger partial charge >= 0.3 is 0 Å². The maximum absolute atomic E-state index is 6.16. The van der Waals surface area contributed by atoms with Gasteiger partial charge in [-0.2, -0.15) is 0 Å². The number of benzene rings is 3. The van der Waals surface area contributed by atoms with Gasteiger partial charge in [0.05, 0.1) is 44.8 Å². The fourth-order valence-electron chi connectivity index (χ4n) is 2.60. The van der Waals surface area contributed by atoms with E-state index in [0.29, 0.717) is 17.1 Å². The highest BCUT2D eigenvalue weighted by molar-refractivity contribution is 5.92. The van der Waals surface area contributed by atoms with Crippen LogP contribution in [0.15, 0.2) is 54.6 Å². The number of hydrogen-bond donors (Lipinski definition) is 4. The molecule has 0 fully saturated rings. The largest absolute Gasteiger partial charge is 0.397 e. The number of fused-ring (bicyclic) bond motifs is 2. The van der Waals surface area contributed by atoms with Gasteiger partial charge in [-0.15, -0.1) is 0 Å². The summed E-state index contributed by atoms with van der Waals surface area (Å²) in [5.41, 5.74) is 24.2. The molecule has 4 rings (SSSR count). The number of hydrogen-bond acceptors (Lipinski definition) is 6. The first-order valence-electron chi connectivity index (χ1n) is 7.48. The van der Waals surface area contributed by atoms with Gasteiger partial charge in [0.15, 0.2) is 0 Å². The smallest absolute Gasteiger partial charge is 0.0916 e. The van der Waals surface area contributed by atoms with E-state index in [0.717, 1.165) is 33.4 Å². The summed E-state index contributed by atoms with van der Waals surface area (Å²) in [5.74, 6) is 0. The van der Waals surface area contributed by atoms with Crippen LogP contribution in [0.4, 0.5) is 28.4 Å². The Labute approximate surface area is 138 Å². The summed E-state index contributed by atoms with van der Waals surface area (Å²) < 4.78 is 0. The minimum absolute atomic E-state index is 0.519. The second kappa shape index (κ2) is 5.27. The summed E-state index contributed by atoms with van der Waals surface area (Å²) in [6.07, 6.45) is 0. The predicted molar refractivity (Wildman–Crippen MR) is 100 cm³/mol. The third kappa shape index (κ3) is 2.40. The van der Waals surface area contributed by atoms with Gasteiger partial charge in [-0.3, -0.25) is 0 Å². The van der Waals surface area contributed by atoms with Gasteiger partial charge in [0.1, 0.15) is 0 Å². The molecule has 0 bridgehead atoms. The fraction of sp³-hybridized carbons (Fsp3) is 0. The SMILES string of the molecule is Nc1ccc(Nc2cc3nc4ccccc4nc3cc2N)cc1N. The average molecular weight is 316 g/mol. The lowest BCUT2D eigenvalue weighted by Gasteiger charge is -2.12. The molecule has 24 heavy (non-hydrogen) atoms. The van der Waals surface area contributed by atoms with Crippen LogP contribution in [0.25, 0.3) is 22.1 Å². The fourth-order valence-corrected chi connectivity index (χ4v) is 2.60. The van der Waals surface area contributed by atoms with Crippen molar-refractivity contribution >= 4 is 50.5 Å². The van der Waals surface area contributed by atoms with Crippen LogP contribution in [0, 0.1) is 0 Å². The Morgan fingerprint density at radius 2 is 1.29 bits per heavy atom. The third-order valence-corrected chi connectivity index (χ3v) is 3.88. The summed E-state index contributed by atoms with van der Waals surface area (Å²) in [6.45, 7) is 0. The lowest BCUT2D eigenvalue weighted by atomic mass is 10.2. The third-order valence-electron chi connectivity index (χ3n) is 3.88. The summed E-state index contributed by atoms with van der Waals surface area (Å²) in [5, 5.41) is 3.25. The Hall–Kier alpha value is -3.54. The lowest BCUT2D eigenvalue weighted by molar-refractivity contribution is 1.39. The topological polar surface area (TPSA) is 116 Å². The van der Waals surface area contributed by atoms with Crippen molar-refractivity contribution in [1.29, 1.82) is 0 Å². The molecule has 118 valence electrons. The molecule has 6 nitrogen and oxygen atoms in total. The Kier molecular flexibility index (Phi) is 3.09. The van der Waals surface area contributed by atoms with Gasteiger partial charge in [-0.1, -0.05) is 12.1 Å². The van der Waals surface area contributed by atoms with E-state index in [-0.39, 0.29) is 0 Å². The number of nitrogens with one attached hydrogen (secondary N) is 1. The summed E-state index contributed by atoms with van der Waals surface area (Å²) in [6, 6.07) is 16.8. The van der Waals surface area contributed by atoms with Crippen LogP contribution in [-0.2, 0) is 0 Å². The molecule has 0 saturated carbocycles. The van der Waals surface area contributed by atoms with Gasteiger partial charge in [0.2, 0.25) is 0 Å². The summed E-state index contributed by atoms with van der Waals surface area (Å²) in [7, 11) is 0. The monoisotopic (exact) mass is 316 g/mol. The molecule has 4 aromatic rings. The first-order chi connectivity index (χ1) is 11.6. The van der Waals surface area contributed by atoms with E-state index in [9.17, 15) is 0 Å². The molecule has 0 radical (unpaired) electrons. The number of nitrogen functional groups attached to an aromatic ring is 3. The minimum atomic E-state index is 0.519. The molecular formula is C18H16N6. The number of anilines is 5. The standard InChI is InChI=1S/C18H16N6/c19-11-6-5-10(7-12(11)20)22-16-9-18-17(8-13(16)21)23-14-3-1-2-4-15(14)24-18/h1-9,22H,19-21H2. The summed E-state index contributed by atoms with van der Waals surface area (Å²) >= 11 is 0. The molecule has 0 unspecified atom stereocenters. The second-order valence-corrected chi connectivity index (χ2v) is 5.61. The number of rotatable bonds is 2. The van der Waals surface area contributed by atoms with Gasteiger partial charge in [-0.05, 0) is 42.5 Å². The normalized spacial score (nSPS) is 11.0. The van der Waals surface area contributed by atoms with Crippen molar-refractivity contribution in [2.24, 2.45) is 0 Å². The first kappa shape index (κ1) is 14.1. The Morgan fingerprint density at radius 3 is 1.96 bits per heavy atom. The molecule has 0 saturated heterocycles. The quantitative estimate of drug-likeness (QED) is 0.333. The number of nitrogens with two attached hydrogens (primary N) is 3. The summed E-state index contributed by atoms with van der Waals surface area (Å²) in [4.78, 5) is 9.26. The molecule has 0 aliphatic carbocycles. The highest BCUT2D eigenvalue weighted by atomic mass is 14.9. The van der Waals surface area contributed by atoms with Crippen molar-refractivity contribution in [2.45, 2.75) is 0 Å². The van der Waals surface area contributed by atoms with Gasteiger partial charge in [-0.25, -0.2) is 9.97 Å². The maximum Gasteiger partial charge on any atom is 0.0916 e. The van der Waals surface area contributed by atoms with E-state index in [1.165, 1.54) is 0 Å². The van der Waals surface area contributed by atoms with Crippen LogP contribution in [0.3, 0.4) is 0 Å². The Morgan fingerprint density at radius 1 is 0.625 bits per heavy atom. The number of nitrogens with zero attached hydrogens (tertiary/aromatic N) is 2. The molecular weight excluding hydrogens is 300 g/mol. The highest BCUT2D eigenvalue weighted by Crippen LogP contribution is 2.30. The second-order valence-electron chi connectivity index (χ2n) is 5.61. The molecule has 1 heterocycles. The van der Waals surface area contributed by atoms with Crippen LogP contribution < -0.4 is 22.5 Å². The van der Waals surface area contributed by atoms with Crippen LogP contribution in [0.2, 0.25) is 0 Å². The number of para-hydroxylation sites is 2. The molecule has 6 heteroatoms. The van der Waals surface area contributed by atoms with Crippen LogP contribution >= 0.6 is 0 Å². The van der Waals surface area contributed by atoms with Gasteiger partial charge < -0.3 is 22.5 Å². The molecule has 0 atom stereocenters. The van der Waals surface area contributed by atoms with Gasteiger partial charge in [0.25, 0.3) is 0 Å². The maximum atomic E-state index is 6.16. The van der Waals surface area contributed by atoms with Gasteiger partial charge in [0, 0.05) is 5.69 Å². The van der Waals surface area contributed by atoms with Crippen LogP contribution in [-0.4, -0.2) is 9.97 Å².